The molecule has 6 atom stereocenters. The summed E-state index contributed by atoms with van der Waals surface area (Å²) >= 11 is 0. The Balaban J connectivity index is 1.35. The summed E-state index contributed by atoms with van der Waals surface area (Å²) in [6.45, 7) is 10.2. The number of carbonyl (C=O) groups is 3. The number of carbonyl (C=O) groups excluding carboxylic acids is 3. The second-order valence-corrected chi connectivity index (χ2v) is 15.6. The summed E-state index contributed by atoms with van der Waals surface area (Å²) in [6, 6.07) is 21.6. The Kier molecular flexibility index (Phi) is 13.8. The SMILES string of the molecule is [2H]C([2H])(c1cccc(CN(Cc2cccc(C([2H])([2H])C(C(=O)OCC)C3CCNC3)c2)Cc2cccc(C([2H])([2H])C(C(=O)OCC)C3CCNC3)c2)c1)C(C(=O)OCC)C1CCNC1. The summed E-state index contributed by atoms with van der Waals surface area (Å²) < 4.78 is 72.6. The van der Waals surface area contributed by atoms with Crippen molar-refractivity contribution in [2.75, 3.05) is 59.1 Å². The van der Waals surface area contributed by atoms with Crippen molar-refractivity contribution in [2.24, 2.45) is 35.5 Å². The molecule has 10 heteroatoms. The van der Waals surface area contributed by atoms with E-state index in [2.05, 4.69) is 20.9 Å². The van der Waals surface area contributed by atoms with Crippen LogP contribution in [0.2, 0.25) is 0 Å². The Hall–Kier alpha value is -4.09. The average Bonchev–Trinajstić information content (AvgIpc) is 4.08. The molecule has 0 bridgehead atoms. The van der Waals surface area contributed by atoms with Crippen LogP contribution in [0.25, 0.3) is 0 Å². The Labute approximate surface area is 354 Å². The molecule has 10 nitrogen and oxygen atoms in total. The van der Waals surface area contributed by atoms with Gasteiger partial charge in [-0.05, 0) is 150 Å². The van der Waals surface area contributed by atoms with E-state index < -0.39 is 54.8 Å². The molecule has 3 N–H and O–H groups in total. The molecule has 6 rings (SSSR count). The molecule has 0 aliphatic carbocycles. The lowest BCUT2D eigenvalue weighted by molar-refractivity contribution is -0.150. The molecule has 0 radical (unpaired) electrons. The van der Waals surface area contributed by atoms with Crippen molar-refractivity contribution < 1.29 is 36.8 Å². The second kappa shape index (κ2) is 22.3. The third kappa shape index (κ3) is 12.5. The summed E-state index contributed by atoms with van der Waals surface area (Å²) in [5.41, 5.74) is 3.41. The second-order valence-electron chi connectivity index (χ2n) is 15.6. The fourth-order valence-corrected chi connectivity index (χ4v) is 8.45. The van der Waals surface area contributed by atoms with Crippen molar-refractivity contribution in [2.45, 2.75) is 78.8 Å². The lowest BCUT2D eigenvalue weighted by Crippen LogP contribution is -2.29. The number of rotatable bonds is 21. The van der Waals surface area contributed by atoms with Crippen molar-refractivity contribution in [3.05, 3.63) is 106 Å². The third-order valence-electron chi connectivity index (χ3n) is 11.3. The summed E-state index contributed by atoms with van der Waals surface area (Å²) in [5, 5.41) is 9.80. The van der Waals surface area contributed by atoms with Crippen LogP contribution in [0, 0.1) is 35.5 Å². The van der Waals surface area contributed by atoms with Gasteiger partial charge in [0, 0.05) is 27.9 Å². The molecule has 3 aliphatic rings. The largest absolute Gasteiger partial charge is 0.466 e. The van der Waals surface area contributed by atoms with Crippen molar-refractivity contribution in [1.82, 2.24) is 20.9 Å². The number of ether oxygens (including phenoxy) is 3. The van der Waals surface area contributed by atoms with Gasteiger partial charge in [0.15, 0.2) is 0 Å². The van der Waals surface area contributed by atoms with Crippen molar-refractivity contribution in [3.8, 4) is 0 Å². The van der Waals surface area contributed by atoms with E-state index in [1.807, 2.05) is 18.2 Å². The van der Waals surface area contributed by atoms with Crippen LogP contribution in [-0.2, 0) is 67.3 Å². The molecule has 0 aromatic heterocycles. The van der Waals surface area contributed by atoms with Crippen LogP contribution in [0.15, 0.2) is 72.8 Å². The van der Waals surface area contributed by atoms with Crippen LogP contribution < -0.4 is 16.0 Å². The molecule has 0 saturated carbocycles. The highest BCUT2D eigenvalue weighted by atomic mass is 16.5. The van der Waals surface area contributed by atoms with Gasteiger partial charge in [-0.2, -0.15) is 0 Å². The number of esters is 3. The highest BCUT2D eigenvalue weighted by Crippen LogP contribution is 2.29. The Morgan fingerprint density at radius 1 is 0.552 bits per heavy atom. The zero-order valence-corrected chi connectivity index (χ0v) is 34.4. The van der Waals surface area contributed by atoms with E-state index in [4.69, 9.17) is 14.2 Å². The summed E-state index contributed by atoms with van der Waals surface area (Å²) in [4.78, 5) is 42.3. The average molecular weight is 801 g/mol. The van der Waals surface area contributed by atoms with E-state index in [1.165, 1.54) is 0 Å². The van der Waals surface area contributed by atoms with Crippen LogP contribution >= 0.6 is 0 Å². The van der Waals surface area contributed by atoms with Gasteiger partial charge in [0.1, 0.15) is 0 Å². The zero-order valence-electron chi connectivity index (χ0n) is 40.4. The van der Waals surface area contributed by atoms with Gasteiger partial charge in [-0.3, -0.25) is 19.3 Å². The minimum Gasteiger partial charge on any atom is -0.466 e. The standard InChI is InChI=1S/C48H66N4O6/c1-4-56-46(53)43(40-16-19-49-28-40)25-34-10-7-13-37(22-34)31-52(32-38-14-8-11-35(23-38)26-44(47(54)57-5-2)41-17-20-50-29-41)33-39-15-9-12-36(24-39)27-45(48(55)58-6-3)42-18-21-51-30-42/h7-15,22-24,40-45,49-51H,4-6,16-21,25-33H2,1-3H3/i25D2,26D2,27D2. The third-order valence-corrected chi connectivity index (χ3v) is 11.3. The van der Waals surface area contributed by atoms with E-state index >= 15 is 0 Å². The van der Waals surface area contributed by atoms with Crippen LogP contribution in [0.4, 0.5) is 0 Å². The minimum atomic E-state index is -2.04. The first-order chi connectivity index (χ1) is 30.6. The van der Waals surface area contributed by atoms with E-state index in [1.54, 1.807) is 75.4 Å². The molecule has 0 spiro atoms. The van der Waals surface area contributed by atoms with Gasteiger partial charge < -0.3 is 30.2 Å². The molecule has 58 heavy (non-hydrogen) atoms. The fourth-order valence-electron chi connectivity index (χ4n) is 8.45. The molecule has 3 heterocycles. The smallest absolute Gasteiger partial charge is 0.309 e. The molecule has 3 saturated heterocycles. The molecule has 0 amide bonds. The lowest BCUT2D eigenvalue weighted by atomic mass is 9.85. The number of hydrogen-bond acceptors (Lipinski definition) is 10. The van der Waals surface area contributed by atoms with E-state index in [9.17, 15) is 22.6 Å². The maximum atomic E-state index is 13.4. The van der Waals surface area contributed by atoms with E-state index in [-0.39, 0.29) is 37.6 Å². The van der Waals surface area contributed by atoms with Gasteiger partial charge in [0.25, 0.3) is 0 Å². The van der Waals surface area contributed by atoms with Gasteiger partial charge in [-0.15, -0.1) is 0 Å². The first kappa shape index (κ1) is 35.8. The van der Waals surface area contributed by atoms with Crippen LogP contribution in [0.5, 0.6) is 0 Å². The zero-order chi connectivity index (χ0) is 46.1. The molecular formula is C48H66N4O6. The first-order valence-corrected chi connectivity index (χ1v) is 21.2. The maximum absolute atomic E-state index is 13.4. The van der Waals surface area contributed by atoms with Gasteiger partial charge in [-0.1, -0.05) is 72.8 Å². The number of benzene rings is 3. The highest BCUT2D eigenvalue weighted by molar-refractivity contribution is 5.74. The Bertz CT molecular complexity index is 1810. The number of nitrogens with zero attached hydrogens (tertiary/aromatic N) is 1. The Morgan fingerprint density at radius 3 is 1.10 bits per heavy atom. The molecule has 6 unspecified atom stereocenters. The van der Waals surface area contributed by atoms with Crippen LogP contribution in [0.1, 0.15) is 81.6 Å². The van der Waals surface area contributed by atoms with Crippen molar-refractivity contribution >= 4 is 17.9 Å². The van der Waals surface area contributed by atoms with Gasteiger partial charge in [-0.25, -0.2) is 0 Å². The Morgan fingerprint density at radius 2 is 0.845 bits per heavy atom. The summed E-state index contributed by atoms with van der Waals surface area (Å²) in [5.74, 6) is -5.43. The molecule has 3 fully saturated rings. The highest BCUT2D eigenvalue weighted by Gasteiger charge is 2.34. The summed E-state index contributed by atoms with van der Waals surface area (Å²) in [7, 11) is 0. The molecule has 3 aromatic carbocycles. The normalized spacial score (nSPS) is 23.1. The predicted molar refractivity (Wildman–Crippen MR) is 227 cm³/mol. The van der Waals surface area contributed by atoms with E-state index in [0.29, 0.717) is 94.9 Å². The van der Waals surface area contributed by atoms with Crippen LogP contribution in [-0.4, -0.2) is 81.9 Å². The maximum Gasteiger partial charge on any atom is 0.309 e. The lowest BCUT2D eigenvalue weighted by Gasteiger charge is -2.25. The number of nitrogens with one attached hydrogen (secondary N) is 3. The topological polar surface area (TPSA) is 118 Å². The van der Waals surface area contributed by atoms with Crippen molar-refractivity contribution in [3.63, 3.8) is 0 Å². The number of hydrogen-bond donors (Lipinski definition) is 3. The molecule has 3 aromatic rings. The molecule has 3 aliphatic heterocycles. The van der Waals surface area contributed by atoms with Crippen molar-refractivity contribution in [1.29, 1.82) is 0 Å². The monoisotopic (exact) mass is 801 g/mol. The molecule has 314 valence electrons. The van der Waals surface area contributed by atoms with Crippen LogP contribution in [0.3, 0.4) is 0 Å². The van der Waals surface area contributed by atoms with E-state index in [0.717, 1.165) is 16.7 Å². The van der Waals surface area contributed by atoms with Gasteiger partial charge in [0.05, 0.1) is 37.6 Å². The van der Waals surface area contributed by atoms with Gasteiger partial charge in [0.2, 0.25) is 0 Å². The predicted octanol–water partition coefficient (Wildman–Crippen LogP) is 5.88. The molecular weight excluding hydrogens is 729 g/mol. The van der Waals surface area contributed by atoms with Gasteiger partial charge >= 0.3 is 17.9 Å². The minimum absolute atomic E-state index is 0.147. The first-order valence-electron chi connectivity index (χ1n) is 24.2. The quantitative estimate of drug-likeness (QED) is 0.0891. The summed E-state index contributed by atoms with van der Waals surface area (Å²) in [6.07, 6.45) is -4.17. The fraction of sp³-hybridized carbons (Fsp3) is 0.562.